The van der Waals surface area contributed by atoms with Gasteiger partial charge in [-0.3, -0.25) is 0 Å². The standard InChI is InChI=1S/C14H22N4OS/c1-3-9(5-6-19)8-16-12-11-7-10(4-2)20-13(11)18-14(15)17-12/h7,9,19H,3-6,8H2,1-2H3,(H3,15,16,17,18). The van der Waals surface area contributed by atoms with E-state index < -0.39 is 0 Å². The fourth-order valence-corrected chi connectivity index (χ4v) is 3.15. The monoisotopic (exact) mass is 294 g/mol. The third kappa shape index (κ3) is 3.37. The maximum absolute atomic E-state index is 9.04. The van der Waals surface area contributed by atoms with Crippen LogP contribution in [-0.2, 0) is 6.42 Å². The number of fused-ring (bicyclic) bond motifs is 1. The molecule has 0 aliphatic carbocycles. The summed E-state index contributed by atoms with van der Waals surface area (Å²) >= 11 is 1.66. The first-order valence-corrected chi connectivity index (χ1v) is 7.90. The minimum absolute atomic E-state index is 0.222. The van der Waals surface area contributed by atoms with Gasteiger partial charge in [0.2, 0.25) is 5.95 Å². The minimum Gasteiger partial charge on any atom is -0.396 e. The fraction of sp³-hybridized carbons (Fsp3) is 0.571. The topological polar surface area (TPSA) is 84.1 Å². The van der Waals surface area contributed by atoms with Gasteiger partial charge in [-0.1, -0.05) is 20.3 Å². The van der Waals surface area contributed by atoms with E-state index >= 15 is 0 Å². The van der Waals surface area contributed by atoms with Crippen molar-refractivity contribution >= 4 is 33.3 Å². The van der Waals surface area contributed by atoms with Gasteiger partial charge in [-0.05, 0) is 24.8 Å². The molecule has 0 aliphatic heterocycles. The van der Waals surface area contributed by atoms with Crippen molar-refractivity contribution in [2.24, 2.45) is 5.92 Å². The summed E-state index contributed by atoms with van der Waals surface area (Å²) in [5, 5.41) is 13.5. The van der Waals surface area contributed by atoms with E-state index in [9.17, 15) is 0 Å². The Morgan fingerprint density at radius 2 is 2.20 bits per heavy atom. The Morgan fingerprint density at radius 3 is 2.85 bits per heavy atom. The summed E-state index contributed by atoms with van der Waals surface area (Å²) in [5.74, 6) is 1.55. The highest BCUT2D eigenvalue weighted by molar-refractivity contribution is 7.18. The first-order chi connectivity index (χ1) is 9.67. The second kappa shape index (κ2) is 6.85. The van der Waals surface area contributed by atoms with E-state index in [2.05, 4.69) is 35.2 Å². The Balaban J connectivity index is 2.21. The third-order valence-corrected chi connectivity index (χ3v) is 4.66. The van der Waals surface area contributed by atoms with E-state index in [1.54, 1.807) is 11.3 Å². The van der Waals surface area contributed by atoms with Gasteiger partial charge in [0, 0.05) is 18.0 Å². The van der Waals surface area contributed by atoms with Crippen LogP contribution in [0.4, 0.5) is 11.8 Å². The van der Waals surface area contributed by atoms with Crippen molar-refractivity contribution in [3.8, 4) is 0 Å². The number of nitrogens with zero attached hydrogens (tertiary/aromatic N) is 2. The number of nitrogens with one attached hydrogen (secondary N) is 1. The van der Waals surface area contributed by atoms with Gasteiger partial charge in [0.15, 0.2) is 0 Å². The van der Waals surface area contributed by atoms with Gasteiger partial charge in [-0.15, -0.1) is 11.3 Å². The highest BCUT2D eigenvalue weighted by Gasteiger charge is 2.12. The van der Waals surface area contributed by atoms with Crippen LogP contribution in [0.1, 0.15) is 31.6 Å². The summed E-state index contributed by atoms with van der Waals surface area (Å²) in [4.78, 5) is 10.8. The van der Waals surface area contributed by atoms with Crippen molar-refractivity contribution in [2.75, 3.05) is 24.2 Å². The first kappa shape index (κ1) is 15.0. The Bertz CT molecular complexity index is 570. The van der Waals surface area contributed by atoms with Gasteiger partial charge in [0.25, 0.3) is 0 Å². The number of anilines is 2. The summed E-state index contributed by atoms with van der Waals surface area (Å²) in [6.07, 6.45) is 2.82. The van der Waals surface area contributed by atoms with Crippen molar-refractivity contribution in [3.05, 3.63) is 10.9 Å². The van der Waals surface area contributed by atoms with Crippen LogP contribution in [0, 0.1) is 5.92 Å². The highest BCUT2D eigenvalue weighted by Crippen LogP contribution is 2.30. The second-order valence-corrected chi connectivity index (χ2v) is 6.00. The number of rotatable bonds is 7. The van der Waals surface area contributed by atoms with Crippen LogP contribution in [0.2, 0.25) is 0 Å². The minimum atomic E-state index is 0.222. The normalized spacial score (nSPS) is 12.8. The summed E-state index contributed by atoms with van der Waals surface area (Å²) < 4.78 is 0. The largest absolute Gasteiger partial charge is 0.396 e. The SMILES string of the molecule is CCc1cc2c(NCC(CC)CCO)nc(N)nc2s1. The maximum Gasteiger partial charge on any atom is 0.223 e. The predicted octanol–water partition coefficient (Wildman–Crippen LogP) is 2.66. The number of aryl methyl sites for hydroxylation is 1. The Morgan fingerprint density at radius 1 is 1.40 bits per heavy atom. The molecule has 0 fully saturated rings. The molecule has 0 aromatic carbocycles. The Kier molecular flexibility index (Phi) is 5.14. The summed E-state index contributed by atoms with van der Waals surface area (Å²) in [7, 11) is 0. The average molecular weight is 294 g/mol. The number of hydrogen-bond donors (Lipinski definition) is 3. The van der Waals surface area contributed by atoms with E-state index in [-0.39, 0.29) is 6.61 Å². The van der Waals surface area contributed by atoms with Crippen LogP contribution in [0.5, 0.6) is 0 Å². The van der Waals surface area contributed by atoms with Crippen molar-refractivity contribution in [2.45, 2.75) is 33.1 Å². The van der Waals surface area contributed by atoms with E-state index in [0.717, 1.165) is 41.8 Å². The molecule has 0 aliphatic rings. The second-order valence-electron chi connectivity index (χ2n) is 4.88. The Hall–Kier alpha value is -1.40. The van der Waals surface area contributed by atoms with Crippen LogP contribution in [0.15, 0.2) is 6.07 Å². The molecular formula is C14H22N4OS. The molecule has 0 saturated carbocycles. The molecule has 2 heterocycles. The van der Waals surface area contributed by atoms with Gasteiger partial charge in [0.1, 0.15) is 10.6 Å². The lowest BCUT2D eigenvalue weighted by Gasteiger charge is -2.15. The van der Waals surface area contributed by atoms with Crippen molar-refractivity contribution in [1.82, 2.24) is 9.97 Å². The summed E-state index contributed by atoms with van der Waals surface area (Å²) in [6.45, 7) is 5.27. The maximum atomic E-state index is 9.04. The van der Waals surface area contributed by atoms with Gasteiger partial charge in [0.05, 0.1) is 5.39 Å². The van der Waals surface area contributed by atoms with Gasteiger partial charge >= 0.3 is 0 Å². The zero-order valence-corrected chi connectivity index (χ0v) is 12.8. The van der Waals surface area contributed by atoms with E-state index in [4.69, 9.17) is 10.8 Å². The van der Waals surface area contributed by atoms with Gasteiger partial charge in [-0.2, -0.15) is 4.98 Å². The molecule has 2 aromatic heterocycles. The molecule has 5 nitrogen and oxygen atoms in total. The lowest BCUT2D eigenvalue weighted by molar-refractivity contribution is 0.258. The zero-order chi connectivity index (χ0) is 14.5. The number of nitrogens with two attached hydrogens (primary N) is 1. The molecule has 0 saturated heterocycles. The molecule has 0 spiro atoms. The number of hydrogen-bond acceptors (Lipinski definition) is 6. The van der Waals surface area contributed by atoms with Gasteiger partial charge in [-0.25, -0.2) is 4.98 Å². The van der Waals surface area contributed by atoms with E-state index in [1.807, 2.05) is 0 Å². The number of aromatic nitrogens is 2. The zero-order valence-electron chi connectivity index (χ0n) is 12.0. The summed E-state index contributed by atoms with van der Waals surface area (Å²) in [5.41, 5.74) is 5.78. The molecule has 2 aromatic rings. The first-order valence-electron chi connectivity index (χ1n) is 7.08. The van der Waals surface area contributed by atoms with Crippen LogP contribution >= 0.6 is 11.3 Å². The third-order valence-electron chi connectivity index (χ3n) is 3.48. The smallest absolute Gasteiger partial charge is 0.223 e. The molecule has 1 unspecified atom stereocenters. The molecule has 0 bridgehead atoms. The predicted molar refractivity (Wildman–Crippen MR) is 85.2 cm³/mol. The number of thiophene rings is 1. The highest BCUT2D eigenvalue weighted by atomic mass is 32.1. The van der Waals surface area contributed by atoms with Crippen molar-refractivity contribution in [3.63, 3.8) is 0 Å². The number of aliphatic hydroxyl groups is 1. The van der Waals surface area contributed by atoms with Crippen LogP contribution in [-0.4, -0.2) is 28.2 Å². The molecule has 20 heavy (non-hydrogen) atoms. The molecule has 4 N–H and O–H groups in total. The van der Waals surface area contributed by atoms with E-state index in [1.165, 1.54) is 4.88 Å². The molecule has 110 valence electrons. The lowest BCUT2D eigenvalue weighted by Crippen LogP contribution is -2.16. The van der Waals surface area contributed by atoms with E-state index in [0.29, 0.717) is 11.9 Å². The van der Waals surface area contributed by atoms with Crippen LogP contribution in [0.3, 0.4) is 0 Å². The average Bonchev–Trinajstić information content (AvgIpc) is 2.86. The molecular weight excluding hydrogens is 272 g/mol. The summed E-state index contributed by atoms with van der Waals surface area (Å²) in [6, 6.07) is 2.13. The van der Waals surface area contributed by atoms with Crippen molar-refractivity contribution in [1.29, 1.82) is 0 Å². The molecule has 1 atom stereocenters. The van der Waals surface area contributed by atoms with Crippen LogP contribution in [0.25, 0.3) is 10.2 Å². The van der Waals surface area contributed by atoms with Crippen LogP contribution < -0.4 is 11.1 Å². The molecule has 6 heteroatoms. The van der Waals surface area contributed by atoms with Gasteiger partial charge < -0.3 is 16.2 Å². The number of aliphatic hydroxyl groups excluding tert-OH is 1. The Labute approximate surface area is 123 Å². The van der Waals surface area contributed by atoms with Crippen molar-refractivity contribution < 1.29 is 5.11 Å². The fourth-order valence-electron chi connectivity index (χ4n) is 2.17. The number of nitrogen functional groups attached to an aromatic ring is 1. The molecule has 0 radical (unpaired) electrons. The quantitative estimate of drug-likeness (QED) is 0.731. The molecule has 2 rings (SSSR count). The molecule has 0 amide bonds. The lowest BCUT2D eigenvalue weighted by atomic mass is 10.0.